The molecule has 5 heterocycles. The van der Waals surface area contributed by atoms with Crippen molar-refractivity contribution in [2.75, 3.05) is 17.7 Å². The summed E-state index contributed by atoms with van der Waals surface area (Å²) >= 11 is 0. The predicted molar refractivity (Wildman–Crippen MR) is 164 cm³/mol. The quantitative estimate of drug-likeness (QED) is 0.235. The molecular formula is C32H26N8O. The molecule has 0 bridgehead atoms. The highest BCUT2D eigenvalue weighted by molar-refractivity contribution is 5.98. The van der Waals surface area contributed by atoms with Gasteiger partial charge in [0, 0.05) is 48.0 Å². The van der Waals surface area contributed by atoms with Crippen LogP contribution in [0, 0.1) is 0 Å². The molecule has 0 spiro atoms. The van der Waals surface area contributed by atoms with E-state index in [1.165, 1.54) is 0 Å². The summed E-state index contributed by atoms with van der Waals surface area (Å²) in [6, 6.07) is 25.2. The smallest absolute Gasteiger partial charge is 0.263 e. The van der Waals surface area contributed by atoms with Crippen molar-refractivity contribution in [2.45, 2.75) is 13.0 Å². The van der Waals surface area contributed by atoms with Crippen LogP contribution >= 0.6 is 0 Å². The lowest BCUT2D eigenvalue weighted by Crippen LogP contribution is -2.26. The number of H-pyrrole nitrogens is 1. The normalized spacial score (nSPS) is 12.1. The molecule has 3 N–H and O–H groups in total. The molecule has 0 saturated carbocycles. The summed E-state index contributed by atoms with van der Waals surface area (Å²) in [7, 11) is 1.78. The van der Waals surface area contributed by atoms with Crippen molar-refractivity contribution in [1.82, 2.24) is 29.5 Å². The van der Waals surface area contributed by atoms with E-state index in [-0.39, 0.29) is 11.6 Å². The Hall–Kier alpha value is -5.57. The number of para-hydroxylation sites is 1. The second-order valence-electron chi connectivity index (χ2n) is 9.84. The maximum Gasteiger partial charge on any atom is 0.263 e. The third-order valence-electron chi connectivity index (χ3n) is 7.28. The third kappa shape index (κ3) is 4.24. The first kappa shape index (κ1) is 24.5. The number of hydrogen-bond donors (Lipinski definition) is 3. The Bertz CT molecular complexity index is 2120. The molecule has 0 radical (unpaired) electrons. The van der Waals surface area contributed by atoms with E-state index < -0.39 is 0 Å². The number of rotatable bonds is 6. The van der Waals surface area contributed by atoms with Crippen LogP contribution in [-0.2, 0) is 0 Å². The molecule has 0 aliphatic rings. The monoisotopic (exact) mass is 538 g/mol. The van der Waals surface area contributed by atoms with E-state index in [4.69, 9.17) is 0 Å². The number of hydrogen-bond acceptors (Lipinski definition) is 7. The fraction of sp³-hybridized carbons (Fsp3) is 0.0938. The van der Waals surface area contributed by atoms with Crippen LogP contribution in [0.2, 0.25) is 0 Å². The van der Waals surface area contributed by atoms with Gasteiger partial charge < -0.3 is 15.6 Å². The SMILES string of the molecule is CNc1nc(N[C@@H](C)c2cc3cccc(-c4cnc5[nH]ccc5c4)c3c(=O)n2-c2ccccc2)c2ncccc2n1. The largest absolute Gasteiger partial charge is 0.360 e. The standard InChI is InChI=1S/C32H26N8O/c1-19(37-30-28-25(12-7-14-34-28)38-32(33-2)39-30)26-17-20-8-6-11-24(22-16-21-13-15-35-29(21)36-18-22)27(20)31(41)40(26)23-9-4-3-5-10-23/h3-19H,1-2H3,(H,35,36)(H2,33,37,38,39)/t19-/m0/s1. The summed E-state index contributed by atoms with van der Waals surface area (Å²) in [5.74, 6) is 1.07. The zero-order chi connectivity index (χ0) is 27.9. The van der Waals surface area contributed by atoms with E-state index in [0.29, 0.717) is 22.7 Å². The third-order valence-corrected chi connectivity index (χ3v) is 7.28. The summed E-state index contributed by atoms with van der Waals surface area (Å²) in [5, 5.41) is 9.01. The van der Waals surface area contributed by atoms with E-state index in [2.05, 4.69) is 47.7 Å². The van der Waals surface area contributed by atoms with Gasteiger partial charge in [0.15, 0.2) is 5.82 Å². The molecule has 0 unspecified atom stereocenters. The van der Waals surface area contributed by atoms with Crippen LogP contribution in [0.1, 0.15) is 18.7 Å². The summed E-state index contributed by atoms with van der Waals surface area (Å²) in [4.78, 5) is 35.9. The Labute approximate surface area is 235 Å². The zero-order valence-electron chi connectivity index (χ0n) is 22.5. The van der Waals surface area contributed by atoms with Crippen molar-refractivity contribution in [3.8, 4) is 16.8 Å². The fourth-order valence-corrected chi connectivity index (χ4v) is 5.33. The number of pyridine rings is 3. The molecular weight excluding hydrogens is 512 g/mol. The van der Waals surface area contributed by atoms with Crippen LogP contribution in [0.15, 0.2) is 102 Å². The number of fused-ring (bicyclic) bond motifs is 3. The zero-order valence-corrected chi connectivity index (χ0v) is 22.5. The lowest BCUT2D eigenvalue weighted by atomic mass is 9.98. The molecule has 9 heteroatoms. The van der Waals surface area contributed by atoms with Gasteiger partial charge in [-0.2, -0.15) is 4.98 Å². The van der Waals surface area contributed by atoms with E-state index in [9.17, 15) is 4.79 Å². The van der Waals surface area contributed by atoms with Gasteiger partial charge in [0.25, 0.3) is 5.56 Å². The van der Waals surface area contributed by atoms with Crippen LogP contribution in [0.5, 0.6) is 0 Å². The van der Waals surface area contributed by atoms with Crippen molar-refractivity contribution < 1.29 is 0 Å². The van der Waals surface area contributed by atoms with Crippen molar-refractivity contribution in [2.24, 2.45) is 0 Å². The van der Waals surface area contributed by atoms with Gasteiger partial charge in [-0.05, 0) is 60.3 Å². The number of aromatic amines is 1. The van der Waals surface area contributed by atoms with Gasteiger partial charge in [-0.15, -0.1) is 0 Å². The number of anilines is 2. The molecule has 7 rings (SSSR count). The van der Waals surface area contributed by atoms with Gasteiger partial charge in [0.1, 0.15) is 11.2 Å². The Balaban J connectivity index is 1.43. The Kier molecular flexibility index (Phi) is 5.89. The van der Waals surface area contributed by atoms with Crippen LogP contribution in [0.3, 0.4) is 0 Å². The van der Waals surface area contributed by atoms with Crippen LogP contribution in [0.25, 0.3) is 49.7 Å². The average Bonchev–Trinajstić information content (AvgIpc) is 3.49. The summed E-state index contributed by atoms with van der Waals surface area (Å²) in [6.45, 7) is 2.02. The summed E-state index contributed by atoms with van der Waals surface area (Å²) in [5.41, 5.74) is 5.37. The molecule has 5 aromatic heterocycles. The topological polar surface area (TPSA) is 113 Å². The molecule has 0 amide bonds. The summed E-state index contributed by atoms with van der Waals surface area (Å²) < 4.78 is 1.78. The van der Waals surface area contributed by atoms with E-state index >= 15 is 0 Å². The molecule has 9 nitrogen and oxygen atoms in total. The first-order chi connectivity index (χ1) is 20.1. The van der Waals surface area contributed by atoms with Crippen LogP contribution < -0.4 is 16.2 Å². The number of benzene rings is 2. The molecule has 7 aromatic rings. The van der Waals surface area contributed by atoms with Gasteiger partial charge in [-0.25, -0.2) is 9.97 Å². The van der Waals surface area contributed by atoms with Gasteiger partial charge in [-0.3, -0.25) is 14.3 Å². The van der Waals surface area contributed by atoms with Crippen molar-refractivity contribution in [3.63, 3.8) is 0 Å². The minimum atomic E-state index is -0.307. The van der Waals surface area contributed by atoms with Crippen LogP contribution in [0.4, 0.5) is 11.8 Å². The highest BCUT2D eigenvalue weighted by Gasteiger charge is 2.20. The van der Waals surface area contributed by atoms with E-state index in [1.807, 2.05) is 86.0 Å². The Morgan fingerprint density at radius 2 is 1.78 bits per heavy atom. The van der Waals surface area contributed by atoms with Crippen molar-refractivity contribution >= 4 is 44.6 Å². The molecule has 0 aliphatic carbocycles. The second kappa shape index (κ2) is 9.87. The number of nitrogens with zero attached hydrogens (tertiary/aromatic N) is 5. The number of nitrogens with one attached hydrogen (secondary N) is 3. The van der Waals surface area contributed by atoms with E-state index in [1.54, 1.807) is 17.8 Å². The van der Waals surface area contributed by atoms with E-state index in [0.717, 1.165) is 44.4 Å². The summed E-state index contributed by atoms with van der Waals surface area (Å²) in [6.07, 6.45) is 5.39. The first-order valence-electron chi connectivity index (χ1n) is 13.4. The van der Waals surface area contributed by atoms with Gasteiger partial charge in [0.2, 0.25) is 5.95 Å². The van der Waals surface area contributed by atoms with Crippen molar-refractivity contribution in [3.05, 3.63) is 114 Å². The highest BCUT2D eigenvalue weighted by atomic mass is 16.1. The molecule has 0 saturated heterocycles. The highest BCUT2D eigenvalue weighted by Crippen LogP contribution is 2.31. The number of aromatic nitrogens is 6. The Morgan fingerprint density at radius 3 is 2.63 bits per heavy atom. The molecule has 2 aromatic carbocycles. The second-order valence-corrected chi connectivity index (χ2v) is 9.84. The Morgan fingerprint density at radius 1 is 0.902 bits per heavy atom. The minimum Gasteiger partial charge on any atom is -0.360 e. The average molecular weight is 539 g/mol. The first-order valence-corrected chi connectivity index (χ1v) is 13.4. The maximum absolute atomic E-state index is 14.5. The fourth-order valence-electron chi connectivity index (χ4n) is 5.33. The minimum absolute atomic E-state index is 0.108. The predicted octanol–water partition coefficient (Wildman–Crippen LogP) is 6.09. The van der Waals surface area contributed by atoms with Gasteiger partial charge >= 0.3 is 0 Å². The molecule has 0 fully saturated rings. The van der Waals surface area contributed by atoms with Crippen molar-refractivity contribution in [1.29, 1.82) is 0 Å². The lowest BCUT2D eigenvalue weighted by molar-refractivity contribution is 0.774. The molecule has 200 valence electrons. The lowest BCUT2D eigenvalue weighted by Gasteiger charge is -2.22. The van der Waals surface area contributed by atoms with Crippen LogP contribution in [-0.4, -0.2) is 36.5 Å². The molecule has 0 aliphatic heterocycles. The molecule has 41 heavy (non-hydrogen) atoms. The maximum atomic E-state index is 14.5. The molecule has 1 atom stereocenters. The van der Waals surface area contributed by atoms with Gasteiger partial charge in [-0.1, -0.05) is 36.4 Å². The van der Waals surface area contributed by atoms with Gasteiger partial charge in [0.05, 0.1) is 16.9 Å².